The zero-order valence-corrected chi connectivity index (χ0v) is 12.9. The summed E-state index contributed by atoms with van der Waals surface area (Å²) in [5.74, 6) is 1.37. The van der Waals surface area contributed by atoms with Crippen LogP contribution in [0.1, 0.15) is 27.2 Å². The van der Waals surface area contributed by atoms with Crippen molar-refractivity contribution in [3.05, 3.63) is 24.3 Å². The maximum Gasteiger partial charge on any atom is 0.228 e. The molecule has 0 aliphatic carbocycles. The van der Waals surface area contributed by atoms with E-state index < -0.39 is 0 Å². The Balaban J connectivity index is 2.52. The van der Waals surface area contributed by atoms with E-state index in [2.05, 4.69) is 24.5 Å². The lowest BCUT2D eigenvalue weighted by Gasteiger charge is -2.13. The number of amides is 1. The van der Waals surface area contributed by atoms with Crippen molar-refractivity contribution < 1.29 is 9.53 Å². The van der Waals surface area contributed by atoms with Gasteiger partial charge in [0.2, 0.25) is 5.91 Å². The highest BCUT2D eigenvalue weighted by molar-refractivity contribution is 5.92. The summed E-state index contributed by atoms with van der Waals surface area (Å²) in [7, 11) is 1.84. The maximum absolute atomic E-state index is 11.9. The van der Waals surface area contributed by atoms with Crippen LogP contribution in [0.3, 0.4) is 0 Å². The zero-order chi connectivity index (χ0) is 15.0. The Morgan fingerprint density at radius 2 is 2.05 bits per heavy atom. The van der Waals surface area contributed by atoms with Gasteiger partial charge in [-0.3, -0.25) is 4.79 Å². The topological polar surface area (TPSA) is 50.4 Å². The van der Waals surface area contributed by atoms with E-state index in [9.17, 15) is 4.79 Å². The van der Waals surface area contributed by atoms with Crippen molar-refractivity contribution in [1.82, 2.24) is 5.32 Å². The van der Waals surface area contributed by atoms with Crippen LogP contribution in [0.25, 0.3) is 0 Å². The monoisotopic (exact) mass is 278 g/mol. The molecule has 0 saturated heterocycles. The van der Waals surface area contributed by atoms with Crippen molar-refractivity contribution in [3.63, 3.8) is 0 Å². The smallest absolute Gasteiger partial charge is 0.228 e. The van der Waals surface area contributed by atoms with E-state index in [1.807, 2.05) is 38.2 Å². The molecule has 0 fully saturated rings. The predicted octanol–water partition coefficient (Wildman–Crippen LogP) is 2.91. The normalized spacial score (nSPS) is 12.2. The first-order valence-corrected chi connectivity index (χ1v) is 7.21. The van der Waals surface area contributed by atoms with E-state index in [1.165, 1.54) is 0 Å². The Morgan fingerprint density at radius 3 is 2.70 bits per heavy atom. The van der Waals surface area contributed by atoms with Gasteiger partial charge in [0, 0.05) is 24.2 Å². The third kappa shape index (κ3) is 6.06. The van der Waals surface area contributed by atoms with Crippen LogP contribution in [0.5, 0.6) is 5.75 Å². The van der Waals surface area contributed by atoms with E-state index in [0.29, 0.717) is 19.1 Å². The molecule has 0 bridgehead atoms. The van der Waals surface area contributed by atoms with Gasteiger partial charge < -0.3 is 15.4 Å². The van der Waals surface area contributed by atoms with Crippen LogP contribution in [-0.4, -0.2) is 26.1 Å². The van der Waals surface area contributed by atoms with Gasteiger partial charge in [-0.05, 0) is 31.5 Å². The molecule has 4 heteroatoms. The third-order valence-electron chi connectivity index (χ3n) is 3.02. The molecular weight excluding hydrogens is 252 g/mol. The summed E-state index contributed by atoms with van der Waals surface area (Å²) in [6.07, 6.45) is 1.02. The molecule has 20 heavy (non-hydrogen) atoms. The molecule has 112 valence electrons. The molecular formula is C16H26N2O2. The third-order valence-corrected chi connectivity index (χ3v) is 3.02. The number of carbonyl (C=O) groups is 1. The van der Waals surface area contributed by atoms with Crippen molar-refractivity contribution in [2.75, 3.05) is 25.5 Å². The van der Waals surface area contributed by atoms with Crippen LogP contribution in [0.2, 0.25) is 0 Å². The first-order chi connectivity index (χ1) is 9.52. The molecule has 0 heterocycles. The number of benzene rings is 1. The van der Waals surface area contributed by atoms with E-state index in [4.69, 9.17) is 4.74 Å². The minimum Gasteiger partial charge on any atom is -0.494 e. The van der Waals surface area contributed by atoms with Crippen molar-refractivity contribution in [2.24, 2.45) is 11.8 Å². The SMILES string of the molecule is CNCC(C)C(=O)Nc1cccc(OCCC(C)C)c1. The van der Waals surface area contributed by atoms with Crippen molar-refractivity contribution in [1.29, 1.82) is 0 Å². The molecule has 0 saturated carbocycles. The van der Waals surface area contributed by atoms with Gasteiger partial charge in [-0.25, -0.2) is 0 Å². The van der Waals surface area contributed by atoms with E-state index in [-0.39, 0.29) is 11.8 Å². The van der Waals surface area contributed by atoms with Gasteiger partial charge in [-0.1, -0.05) is 26.8 Å². The van der Waals surface area contributed by atoms with Crippen LogP contribution in [0, 0.1) is 11.8 Å². The Morgan fingerprint density at radius 1 is 1.30 bits per heavy atom. The van der Waals surface area contributed by atoms with E-state index in [1.54, 1.807) is 0 Å². The Bertz CT molecular complexity index is 419. The number of ether oxygens (including phenoxy) is 1. The van der Waals surface area contributed by atoms with Gasteiger partial charge in [-0.15, -0.1) is 0 Å². The van der Waals surface area contributed by atoms with Crippen LogP contribution < -0.4 is 15.4 Å². The molecule has 1 aromatic rings. The summed E-state index contributed by atoms with van der Waals surface area (Å²) < 4.78 is 5.68. The highest BCUT2D eigenvalue weighted by atomic mass is 16.5. The number of carbonyl (C=O) groups excluding carboxylic acids is 1. The zero-order valence-electron chi connectivity index (χ0n) is 12.9. The number of hydrogen-bond acceptors (Lipinski definition) is 3. The standard InChI is InChI=1S/C16H26N2O2/c1-12(2)8-9-20-15-7-5-6-14(10-15)18-16(19)13(3)11-17-4/h5-7,10,12-13,17H,8-9,11H2,1-4H3,(H,18,19). The van der Waals surface area contributed by atoms with Crippen LogP contribution in [0.15, 0.2) is 24.3 Å². The molecule has 0 aliphatic heterocycles. The molecule has 1 amide bonds. The minimum atomic E-state index is -0.0643. The molecule has 0 aromatic heterocycles. The average molecular weight is 278 g/mol. The fraction of sp³-hybridized carbons (Fsp3) is 0.562. The molecule has 1 aromatic carbocycles. The quantitative estimate of drug-likeness (QED) is 0.768. The van der Waals surface area contributed by atoms with Gasteiger partial charge in [0.15, 0.2) is 0 Å². The molecule has 0 aliphatic rings. The fourth-order valence-corrected chi connectivity index (χ4v) is 1.74. The van der Waals surface area contributed by atoms with E-state index in [0.717, 1.165) is 17.9 Å². The summed E-state index contributed by atoms with van der Waals surface area (Å²) in [6.45, 7) is 7.60. The van der Waals surface area contributed by atoms with Crippen molar-refractivity contribution in [2.45, 2.75) is 27.2 Å². The highest BCUT2D eigenvalue weighted by Crippen LogP contribution is 2.18. The lowest BCUT2D eigenvalue weighted by molar-refractivity contribution is -0.119. The average Bonchev–Trinajstić information content (AvgIpc) is 2.39. The van der Waals surface area contributed by atoms with Gasteiger partial charge in [0.1, 0.15) is 5.75 Å². The molecule has 2 N–H and O–H groups in total. The van der Waals surface area contributed by atoms with Crippen molar-refractivity contribution in [3.8, 4) is 5.75 Å². The lowest BCUT2D eigenvalue weighted by atomic mass is 10.1. The summed E-state index contributed by atoms with van der Waals surface area (Å²) in [5.41, 5.74) is 0.778. The largest absolute Gasteiger partial charge is 0.494 e. The summed E-state index contributed by atoms with van der Waals surface area (Å²) in [5, 5.41) is 5.91. The van der Waals surface area contributed by atoms with Crippen LogP contribution in [0.4, 0.5) is 5.69 Å². The van der Waals surface area contributed by atoms with Crippen LogP contribution >= 0.6 is 0 Å². The lowest BCUT2D eigenvalue weighted by Crippen LogP contribution is -2.28. The van der Waals surface area contributed by atoms with Gasteiger partial charge >= 0.3 is 0 Å². The van der Waals surface area contributed by atoms with Gasteiger partial charge in [-0.2, -0.15) is 0 Å². The second-order valence-corrected chi connectivity index (χ2v) is 5.51. The summed E-state index contributed by atoms with van der Waals surface area (Å²) in [4.78, 5) is 11.9. The molecule has 0 spiro atoms. The minimum absolute atomic E-state index is 0.0127. The fourth-order valence-electron chi connectivity index (χ4n) is 1.74. The van der Waals surface area contributed by atoms with Crippen molar-refractivity contribution >= 4 is 11.6 Å². The molecule has 0 radical (unpaired) electrons. The molecule has 1 unspecified atom stereocenters. The number of hydrogen-bond donors (Lipinski definition) is 2. The maximum atomic E-state index is 11.9. The number of nitrogens with one attached hydrogen (secondary N) is 2. The number of anilines is 1. The second kappa shape index (κ2) is 8.59. The molecule has 1 rings (SSSR count). The Kier molecular flexibility index (Phi) is 7.09. The number of rotatable bonds is 8. The Hall–Kier alpha value is -1.55. The van der Waals surface area contributed by atoms with Gasteiger partial charge in [0.25, 0.3) is 0 Å². The first kappa shape index (κ1) is 16.5. The molecule has 1 atom stereocenters. The summed E-state index contributed by atoms with van der Waals surface area (Å²) in [6, 6.07) is 7.54. The van der Waals surface area contributed by atoms with Crippen LogP contribution in [-0.2, 0) is 4.79 Å². The van der Waals surface area contributed by atoms with E-state index >= 15 is 0 Å². The molecule has 4 nitrogen and oxygen atoms in total. The Labute approximate surface area is 121 Å². The predicted molar refractivity (Wildman–Crippen MR) is 83.1 cm³/mol. The first-order valence-electron chi connectivity index (χ1n) is 7.21. The van der Waals surface area contributed by atoms with Gasteiger partial charge in [0.05, 0.1) is 6.61 Å². The summed E-state index contributed by atoms with van der Waals surface area (Å²) >= 11 is 0. The second-order valence-electron chi connectivity index (χ2n) is 5.51. The highest BCUT2D eigenvalue weighted by Gasteiger charge is 2.12.